The van der Waals surface area contributed by atoms with Crippen LogP contribution in [0.3, 0.4) is 0 Å². The Morgan fingerprint density at radius 2 is 2.16 bits per heavy atom. The highest BCUT2D eigenvalue weighted by Crippen LogP contribution is 2.16. The first-order valence-corrected chi connectivity index (χ1v) is 6.59. The van der Waals surface area contributed by atoms with E-state index in [0.717, 1.165) is 17.8 Å². The van der Waals surface area contributed by atoms with E-state index >= 15 is 0 Å². The molecule has 0 unspecified atom stereocenters. The molecule has 0 atom stereocenters. The molecule has 1 aliphatic heterocycles. The average molecular weight is 256 g/mol. The predicted molar refractivity (Wildman–Crippen MR) is 71.1 cm³/mol. The van der Waals surface area contributed by atoms with E-state index in [-0.39, 0.29) is 0 Å². The Morgan fingerprint density at radius 1 is 1.32 bits per heavy atom. The highest BCUT2D eigenvalue weighted by Gasteiger charge is 2.11. The van der Waals surface area contributed by atoms with Crippen LogP contribution in [0.4, 0.5) is 0 Å². The van der Waals surface area contributed by atoms with Gasteiger partial charge in [-0.3, -0.25) is 4.90 Å². The van der Waals surface area contributed by atoms with Gasteiger partial charge in [-0.25, -0.2) is 4.52 Å². The monoisotopic (exact) mass is 256 g/mol. The second-order valence-electron chi connectivity index (χ2n) is 4.76. The third-order valence-corrected chi connectivity index (χ3v) is 3.48. The van der Waals surface area contributed by atoms with Crippen molar-refractivity contribution in [3.8, 4) is 11.8 Å². The summed E-state index contributed by atoms with van der Waals surface area (Å²) >= 11 is 0. The lowest BCUT2D eigenvalue weighted by atomic mass is 10.3. The first kappa shape index (κ1) is 12.0. The Kier molecular flexibility index (Phi) is 3.34. The summed E-state index contributed by atoms with van der Waals surface area (Å²) in [6.45, 7) is 4.04. The Bertz CT molecular complexity index is 607. The lowest BCUT2D eigenvalue weighted by Gasteiger charge is -2.14. The zero-order valence-corrected chi connectivity index (χ0v) is 10.7. The number of nitriles is 1. The van der Waals surface area contributed by atoms with Crippen molar-refractivity contribution in [3.05, 3.63) is 30.1 Å². The summed E-state index contributed by atoms with van der Waals surface area (Å²) in [5, 5.41) is 13.1. The molecule has 1 aliphatic rings. The zero-order valence-electron chi connectivity index (χ0n) is 10.7. The van der Waals surface area contributed by atoms with Gasteiger partial charge in [-0.15, -0.1) is 0 Å². The minimum absolute atomic E-state index is 0.587. The van der Waals surface area contributed by atoms with Crippen molar-refractivity contribution >= 4 is 5.52 Å². The van der Waals surface area contributed by atoms with Crippen molar-refractivity contribution in [2.75, 3.05) is 26.2 Å². The summed E-state index contributed by atoms with van der Waals surface area (Å²) in [6, 6.07) is 5.88. The molecule has 19 heavy (non-hydrogen) atoms. The van der Waals surface area contributed by atoms with Crippen LogP contribution in [0.5, 0.6) is 5.75 Å². The third-order valence-electron chi connectivity index (χ3n) is 3.48. The molecule has 98 valence electrons. The van der Waals surface area contributed by atoms with E-state index in [1.54, 1.807) is 10.7 Å². The third kappa shape index (κ3) is 2.54. The first-order chi connectivity index (χ1) is 9.36. The topological polar surface area (TPSA) is 53.6 Å². The van der Waals surface area contributed by atoms with Gasteiger partial charge in [0, 0.05) is 6.54 Å². The molecule has 0 aromatic carbocycles. The standard InChI is InChI=1S/C14H16N4O/c15-9-12-10-16-18-11-13(3-4-14(12)18)19-8-7-17-5-1-2-6-17/h3-4,10-11H,1-2,5-8H2. The van der Waals surface area contributed by atoms with Gasteiger partial charge in [0.25, 0.3) is 0 Å². The Balaban J connectivity index is 1.63. The van der Waals surface area contributed by atoms with Crippen LogP contribution in [-0.4, -0.2) is 40.8 Å². The van der Waals surface area contributed by atoms with Gasteiger partial charge >= 0.3 is 0 Å². The van der Waals surface area contributed by atoms with Crippen LogP contribution in [0.1, 0.15) is 18.4 Å². The number of rotatable bonds is 4. The van der Waals surface area contributed by atoms with Gasteiger partial charge in [-0.05, 0) is 38.1 Å². The summed E-state index contributed by atoms with van der Waals surface area (Å²) in [5.41, 5.74) is 1.40. The number of hydrogen-bond acceptors (Lipinski definition) is 4. The fourth-order valence-corrected chi connectivity index (χ4v) is 2.44. The van der Waals surface area contributed by atoms with Crippen molar-refractivity contribution in [1.82, 2.24) is 14.5 Å². The molecule has 1 saturated heterocycles. The van der Waals surface area contributed by atoms with Gasteiger partial charge in [0.2, 0.25) is 0 Å². The molecule has 0 radical (unpaired) electrons. The summed E-state index contributed by atoms with van der Waals surface area (Å²) in [7, 11) is 0. The van der Waals surface area contributed by atoms with E-state index in [9.17, 15) is 0 Å². The van der Waals surface area contributed by atoms with E-state index in [1.165, 1.54) is 25.9 Å². The molecule has 1 fully saturated rings. The quantitative estimate of drug-likeness (QED) is 0.835. The van der Waals surface area contributed by atoms with Gasteiger partial charge in [-0.1, -0.05) is 0 Å². The summed E-state index contributed by atoms with van der Waals surface area (Å²) in [5.74, 6) is 0.791. The fourth-order valence-electron chi connectivity index (χ4n) is 2.44. The number of hydrogen-bond donors (Lipinski definition) is 0. The van der Waals surface area contributed by atoms with E-state index < -0.39 is 0 Å². The Hall–Kier alpha value is -2.06. The number of pyridine rings is 1. The minimum Gasteiger partial charge on any atom is -0.491 e. The molecule has 0 saturated carbocycles. The maximum atomic E-state index is 8.92. The maximum Gasteiger partial charge on any atom is 0.137 e. The minimum atomic E-state index is 0.587. The lowest BCUT2D eigenvalue weighted by molar-refractivity contribution is 0.237. The molecule has 2 aromatic heterocycles. The molecule has 0 aliphatic carbocycles. The number of likely N-dealkylation sites (tertiary alicyclic amines) is 1. The van der Waals surface area contributed by atoms with Crippen LogP contribution in [0, 0.1) is 11.3 Å². The largest absolute Gasteiger partial charge is 0.491 e. The number of fused-ring (bicyclic) bond motifs is 1. The van der Waals surface area contributed by atoms with E-state index in [0.29, 0.717) is 12.2 Å². The van der Waals surface area contributed by atoms with Crippen molar-refractivity contribution in [2.24, 2.45) is 0 Å². The van der Waals surface area contributed by atoms with Crippen LogP contribution < -0.4 is 4.74 Å². The smallest absolute Gasteiger partial charge is 0.137 e. The molecule has 0 N–H and O–H groups in total. The molecule has 5 nitrogen and oxygen atoms in total. The summed E-state index contributed by atoms with van der Waals surface area (Å²) in [6.07, 6.45) is 6.00. The molecule has 5 heteroatoms. The van der Waals surface area contributed by atoms with Crippen molar-refractivity contribution < 1.29 is 4.74 Å². The SMILES string of the molecule is N#Cc1cnn2cc(OCCN3CCCC3)ccc12. The van der Waals surface area contributed by atoms with Crippen molar-refractivity contribution in [1.29, 1.82) is 5.26 Å². The summed E-state index contributed by atoms with van der Waals surface area (Å²) < 4.78 is 7.42. The molecule has 2 aromatic rings. The van der Waals surface area contributed by atoms with E-state index in [1.807, 2.05) is 18.3 Å². The molecule has 0 amide bonds. The van der Waals surface area contributed by atoms with Crippen LogP contribution >= 0.6 is 0 Å². The highest BCUT2D eigenvalue weighted by atomic mass is 16.5. The predicted octanol–water partition coefficient (Wildman–Crippen LogP) is 1.68. The Morgan fingerprint density at radius 3 is 2.95 bits per heavy atom. The van der Waals surface area contributed by atoms with Gasteiger partial charge < -0.3 is 4.74 Å². The highest BCUT2D eigenvalue weighted by molar-refractivity contribution is 5.60. The van der Waals surface area contributed by atoms with Gasteiger partial charge in [0.1, 0.15) is 18.4 Å². The average Bonchev–Trinajstić information content (AvgIpc) is 3.07. The van der Waals surface area contributed by atoms with Gasteiger partial charge in [0.05, 0.1) is 23.5 Å². The fraction of sp³-hybridized carbons (Fsp3) is 0.429. The number of nitrogens with zero attached hydrogens (tertiary/aromatic N) is 4. The molecule has 0 spiro atoms. The van der Waals surface area contributed by atoms with Crippen LogP contribution in [0.2, 0.25) is 0 Å². The van der Waals surface area contributed by atoms with Gasteiger partial charge in [0.15, 0.2) is 0 Å². The lowest BCUT2D eigenvalue weighted by Crippen LogP contribution is -2.25. The first-order valence-electron chi connectivity index (χ1n) is 6.59. The van der Waals surface area contributed by atoms with Crippen LogP contribution in [-0.2, 0) is 0 Å². The molecular formula is C14H16N4O. The molecule has 3 rings (SSSR count). The second-order valence-corrected chi connectivity index (χ2v) is 4.76. The zero-order chi connectivity index (χ0) is 13.1. The Labute approximate surface area is 112 Å². The van der Waals surface area contributed by atoms with E-state index in [2.05, 4.69) is 16.1 Å². The van der Waals surface area contributed by atoms with E-state index in [4.69, 9.17) is 10.00 Å². The molecule has 0 bridgehead atoms. The summed E-state index contributed by atoms with van der Waals surface area (Å²) in [4.78, 5) is 2.42. The van der Waals surface area contributed by atoms with Crippen molar-refractivity contribution in [2.45, 2.75) is 12.8 Å². The van der Waals surface area contributed by atoms with Crippen LogP contribution in [0.25, 0.3) is 5.52 Å². The number of aromatic nitrogens is 2. The maximum absolute atomic E-state index is 8.92. The van der Waals surface area contributed by atoms with Gasteiger partial charge in [-0.2, -0.15) is 10.4 Å². The second kappa shape index (κ2) is 5.29. The molecule has 3 heterocycles. The number of ether oxygens (including phenoxy) is 1. The normalized spacial score (nSPS) is 15.7. The van der Waals surface area contributed by atoms with Crippen LogP contribution in [0.15, 0.2) is 24.5 Å². The molecular weight excluding hydrogens is 240 g/mol. The van der Waals surface area contributed by atoms with Crippen molar-refractivity contribution in [3.63, 3.8) is 0 Å².